The Balaban J connectivity index is 2.28. The summed E-state index contributed by atoms with van der Waals surface area (Å²) in [7, 11) is 0. The van der Waals surface area contributed by atoms with Gasteiger partial charge >= 0.3 is 0 Å². The summed E-state index contributed by atoms with van der Waals surface area (Å²) in [6.07, 6.45) is 1.82. The average Bonchev–Trinajstić information content (AvgIpc) is 2.30. The van der Waals surface area contributed by atoms with E-state index in [0.29, 0.717) is 0 Å². The lowest BCUT2D eigenvalue weighted by atomic mass is 9.97. The van der Waals surface area contributed by atoms with Crippen LogP contribution in [0.15, 0.2) is 47.1 Å². The molecule has 2 aromatic rings. The standard InChI is InChI=1S/C13H11BrClN/c1-9(10-2-5-12(15)6-3-10)13-7-4-11(14)8-16-13/h2-9H,1H3. The second-order valence-corrected chi connectivity index (χ2v) is 5.03. The highest BCUT2D eigenvalue weighted by molar-refractivity contribution is 9.10. The van der Waals surface area contributed by atoms with Crippen LogP contribution in [0.3, 0.4) is 0 Å². The fourth-order valence-corrected chi connectivity index (χ4v) is 1.93. The molecule has 3 heteroatoms. The second-order valence-electron chi connectivity index (χ2n) is 3.67. The molecule has 1 heterocycles. The Bertz CT molecular complexity index is 419. The van der Waals surface area contributed by atoms with Crippen molar-refractivity contribution in [3.63, 3.8) is 0 Å². The van der Waals surface area contributed by atoms with Crippen LogP contribution in [0.4, 0.5) is 0 Å². The molecule has 0 aliphatic carbocycles. The van der Waals surface area contributed by atoms with Gasteiger partial charge in [-0.25, -0.2) is 0 Å². The number of hydrogen-bond donors (Lipinski definition) is 0. The van der Waals surface area contributed by atoms with Crippen LogP contribution >= 0.6 is 27.5 Å². The van der Waals surface area contributed by atoms with Gasteiger partial charge in [0.1, 0.15) is 0 Å². The minimum absolute atomic E-state index is 0.283. The molecule has 1 nitrogen and oxygen atoms in total. The van der Waals surface area contributed by atoms with E-state index in [1.165, 1.54) is 5.56 Å². The maximum atomic E-state index is 5.86. The monoisotopic (exact) mass is 295 g/mol. The molecule has 0 aliphatic heterocycles. The molecular weight excluding hydrogens is 286 g/mol. The van der Waals surface area contributed by atoms with Gasteiger partial charge in [-0.1, -0.05) is 30.7 Å². The largest absolute Gasteiger partial charge is 0.259 e. The minimum atomic E-state index is 0.283. The Hall–Kier alpha value is -0.860. The van der Waals surface area contributed by atoms with E-state index in [-0.39, 0.29) is 5.92 Å². The molecule has 0 N–H and O–H groups in total. The van der Waals surface area contributed by atoms with Crippen LogP contribution in [0.1, 0.15) is 24.1 Å². The molecule has 0 saturated carbocycles. The maximum absolute atomic E-state index is 5.86. The van der Waals surface area contributed by atoms with Crippen LogP contribution in [-0.4, -0.2) is 4.98 Å². The molecule has 0 bridgehead atoms. The number of nitrogens with zero attached hydrogens (tertiary/aromatic N) is 1. The lowest BCUT2D eigenvalue weighted by Crippen LogP contribution is -1.98. The van der Waals surface area contributed by atoms with Gasteiger partial charge in [-0.3, -0.25) is 4.98 Å². The molecule has 16 heavy (non-hydrogen) atoms. The predicted octanol–water partition coefficient (Wildman–Crippen LogP) is 4.65. The quantitative estimate of drug-likeness (QED) is 0.786. The lowest BCUT2D eigenvalue weighted by molar-refractivity contribution is 0.870. The first kappa shape index (κ1) is 11.6. The third-order valence-corrected chi connectivity index (χ3v) is 3.28. The first-order valence-electron chi connectivity index (χ1n) is 5.04. The van der Waals surface area contributed by atoms with Gasteiger partial charge in [0.2, 0.25) is 0 Å². The van der Waals surface area contributed by atoms with Crippen molar-refractivity contribution in [3.8, 4) is 0 Å². The van der Waals surface area contributed by atoms with E-state index in [4.69, 9.17) is 11.6 Å². The van der Waals surface area contributed by atoms with Crippen molar-refractivity contribution < 1.29 is 0 Å². The third-order valence-electron chi connectivity index (χ3n) is 2.56. The van der Waals surface area contributed by atoms with E-state index in [9.17, 15) is 0 Å². The molecule has 1 atom stereocenters. The Morgan fingerprint density at radius 2 is 1.81 bits per heavy atom. The van der Waals surface area contributed by atoms with E-state index >= 15 is 0 Å². The zero-order chi connectivity index (χ0) is 11.5. The molecule has 0 fully saturated rings. The minimum Gasteiger partial charge on any atom is -0.259 e. The van der Waals surface area contributed by atoms with Crippen molar-refractivity contribution in [1.29, 1.82) is 0 Å². The number of aromatic nitrogens is 1. The predicted molar refractivity (Wildman–Crippen MR) is 70.9 cm³/mol. The maximum Gasteiger partial charge on any atom is 0.0476 e. The van der Waals surface area contributed by atoms with E-state index in [1.807, 2.05) is 42.6 Å². The first-order valence-corrected chi connectivity index (χ1v) is 6.21. The molecule has 1 aromatic carbocycles. The Kier molecular flexibility index (Phi) is 3.62. The molecule has 0 aliphatic rings. The van der Waals surface area contributed by atoms with Crippen LogP contribution < -0.4 is 0 Å². The van der Waals surface area contributed by atoms with Gasteiger partial charge in [0.25, 0.3) is 0 Å². The van der Waals surface area contributed by atoms with Crippen molar-refractivity contribution in [1.82, 2.24) is 4.98 Å². The normalized spacial score (nSPS) is 12.4. The number of halogens is 2. The highest BCUT2D eigenvalue weighted by atomic mass is 79.9. The summed E-state index contributed by atoms with van der Waals surface area (Å²) in [4.78, 5) is 4.40. The molecule has 0 amide bonds. The van der Waals surface area contributed by atoms with Crippen molar-refractivity contribution in [2.75, 3.05) is 0 Å². The van der Waals surface area contributed by atoms with Gasteiger partial charge in [-0.05, 0) is 45.8 Å². The first-order chi connectivity index (χ1) is 7.66. The number of rotatable bonds is 2. The highest BCUT2D eigenvalue weighted by Gasteiger charge is 2.09. The topological polar surface area (TPSA) is 12.9 Å². The van der Waals surface area contributed by atoms with Gasteiger partial charge in [-0.2, -0.15) is 0 Å². The lowest BCUT2D eigenvalue weighted by Gasteiger charge is -2.11. The summed E-state index contributed by atoms with van der Waals surface area (Å²) in [5.74, 6) is 0.283. The summed E-state index contributed by atoms with van der Waals surface area (Å²) in [6, 6.07) is 11.9. The van der Waals surface area contributed by atoms with Gasteiger partial charge in [0.05, 0.1) is 0 Å². The Morgan fingerprint density at radius 1 is 1.12 bits per heavy atom. The van der Waals surface area contributed by atoms with Crippen LogP contribution in [0.25, 0.3) is 0 Å². The van der Waals surface area contributed by atoms with E-state index in [1.54, 1.807) is 0 Å². The summed E-state index contributed by atoms with van der Waals surface area (Å²) >= 11 is 9.24. The zero-order valence-corrected chi connectivity index (χ0v) is 11.2. The fraction of sp³-hybridized carbons (Fsp3) is 0.154. The van der Waals surface area contributed by atoms with E-state index < -0.39 is 0 Å². The number of hydrogen-bond acceptors (Lipinski definition) is 1. The fourth-order valence-electron chi connectivity index (χ4n) is 1.57. The number of pyridine rings is 1. The molecule has 0 radical (unpaired) electrons. The van der Waals surface area contributed by atoms with Gasteiger partial charge < -0.3 is 0 Å². The van der Waals surface area contributed by atoms with E-state index in [0.717, 1.165) is 15.2 Å². The molecular formula is C13H11BrClN. The summed E-state index contributed by atoms with van der Waals surface area (Å²) < 4.78 is 1.000. The van der Waals surface area contributed by atoms with Gasteiger partial charge in [-0.15, -0.1) is 0 Å². The zero-order valence-electron chi connectivity index (χ0n) is 8.82. The van der Waals surface area contributed by atoms with Gasteiger partial charge in [0.15, 0.2) is 0 Å². The molecule has 1 aromatic heterocycles. The third kappa shape index (κ3) is 2.63. The van der Waals surface area contributed by atoms with Crippen molar-refractivity contribution >= 4 is 27.5 Å². The Morgan fingerprint density at radius 3 is 2.38 bits per heavy atom. The molecule has 0 saturated heterocycles. The summed E-state index contributed by atoms with van der Waals surface area (Å²) in [5, 5.41) is 0.764. The van der Waals surface area contributed by atoms with Gasteiger partial charge in [0, 0.05) is 27.3 Å². The molecule has 82 valence electrons. The Labute approximate surface area is 109 Å². The van der Waals surface area contributed by atoms with Crippen molar-refractivity contribution in [3.05, 3.63) is 63.3 Å². The smallest absolute Gasteiger partial charge is 0.0476 e. The summed E-state index contributed by atoms with van der Waals surface area (Å²) in [6.45, 7) is 2.14. The molecule has 1 unspecified atom stereocenters. The highest BCUT2D eigenvalue weighted by Crippen LogP contribution is 2.24. The molecule has 2 rings (SSSR count). The van der Waals surface area contributed by atoms with Crippen LogP contribution in [0.2, 0.25) is 5.02 Å². The summed E-state index contributed by atoms with van der Waals surface area (Å²) in [5.41, 5.74) is 2.28. The SMILES string of the molecule is CC(c1ccc(Cl)cc1)c1ccc(Br)cn1. The molecule has 0 spiro atoms. The van der Waals surface area contributed by atoms with Crippen LogP contribution in [-0.2, 0) is 0 Å². The van der Waals surface area contributed by atoms with E-state index in [2.05, 4.69) is 27.8 Å². The average molecular weight is 297 g/mol. The van der Waals surface area contributed by atoms with Crippen molar-refractivity contribution in [2.45, 2.75) is 12.8 Å². The van der Waals surface area contributed by atoms with Crippen LogP contribution in [0, 0.1) is 0 Å². The number of benzene rings is 1. The second kappa shape index (κ2) is 4.98. The van der Waals surface area contributed by atoms with Crippen molar-refractivity contribution in [2.24, 2.45) is 0 Å². The van der Waals surface area contributed by atoms with Crippen LogP contribution in [0.5, 0.6) is 0 Å².